The van der Waals surface area contributed by atoms with Gasteiger partial charge in [0.1, 0.15) is 6.26 Å². The summed E-state index contributed by atoms with van der Waals surface area (Å²) in [6, 6.07) is 17.2. The largest absolute Gasteiger partial charge is 0.430 e. The minimum absolute atomic E-state index is 0.246. The lowest BCUT2D eigenvalue weighted by molar-refractivity contribution is 0.102. The number of aromatic nitrogens is 5. The smallest absolute Gasteiger partial charge is 0.335 e. The Labute approximate surface area is 175 Å². The zero-order valence-electron chi connectivity index (χ0n) is 16.0. The highest BCUT2D eigenvalue weighted by molar-refractivity contribution is 6.04. The molecule has 4 aromatic heterocycles. The normalized spacial score (nSPS) is 10.8. The highest BCUT2D eigenvalue weighted by Gasteiger charge is 2.12. The third-order valence-corrected chi connectivity index (χ3v) is 4.58. The molecule has 4 heterocycles. The van der Waals surface area contributed by atoms with Gasteiger partial charge >= 0.3 is 5.63 Å². The van der Waals surface area contributed by atoms with Crippen molar-refractivity contribution in [2.75, 3.05) is 5.32 Å². The lowest BCUT2D eigenvalue weighted by Gasteiger charge is -2.08. The highest BCUT2D eigenvalue weighted by atomic mass is 16.4. The average Bonchev–Trinajstić information content (AvgIpc) is 3.23. The summed E-state index contributed by atoms with van der Waals surface area (Å²) in [6.45, 7) is 0. The summed E-state index contributed by atoms with van der Waals surface area (Å²) in [6.07, 6.45) is 4.50. The van der Waals surface area contributed by atoms with Crippen LogP contribution in [-0.4, -0.2) is 30.7 Å². The second-order valence-electron chi connectivity index (χ2n) is 6.63. The summed E-state index contributed by atoms with van der Waals surface area (Å²) in [5, 5.41) is 15.9. The second kappa shape index (κ2) is 7.64. The van der Waals surface area contributed by atoms with E-state index in [-0.39, 0.29) is 11.5 Å². The summed E-state index contributed by atoms with van der Waals surface area (Å²) in [4.78, 5) is 27.5. The van der Waals surface area contributed by atoms with E-state index in [2.05, 4.69) is 25.6 Å². The molecular formula is C22H14N6O3. The number of nitrogens with one attached hydrogen (secondary N) is 1. The summed E-state index contributed by atoms with van der Waals surface area (Å²) < 4.78 is 6.41. The molecule has 0 aliphatic heterocycles. The van der Waals surface area contributed by atoms with Crippen molar-refractivity contribution in [3.05, 3.63) is 95.3 Å². The topological polar surface area (TPSA) is 115 Å². The van der Waals surface area contributed by atoms with Gasteiger partial charge in [-0.05, 0) is 42.5 Å². The van der Waals surface area contributed by atoms with Crippen LogP contribution in [-0.2, 0) is 0 Å². The van der Waals surface area contributed by atoms with Crippen molar-refractivity contribution in [2.24, 2.45) is 0 Å². The lowest BCUT2D eigenvalue weighted by Crippen LogP contribution is -2.13. The Morgan fingerprint density at radius 1 is 0.935 bits per heavy atom. The van der Waals surface area contributed by atoms with Crippen LogP contribution in [0.4, 0.5) is 5.69 Å². The molecule has 150 valence electrons. The maximum absolute atomic E-state index is 12.4. The molecule has 0 saturated carbocycles. The Morgan fingerprint density at radius 2 is 1.81 bits per heavy atom. The Kier molecular flexibility index (Phi) is 4.53. The van der Waals surface area contributed by atoms with E-state index in [1.54, 1.807) is 23.0 Å². The molecule has 0 atom stereocenters. The number of pyridine rings is 1. The molecular weight excluding hydrogens is 396 g/mol. The quantitative estimate of drug-likeness (QED) is 0.484. The van der Waals surface area contributed by atoms with E-state index < -0.39 is 5.63 Å². The molecule has 1 amide bonds. The van der Waals surface area contributed by atoms with Crippen molar-refractivity contribution >= 4 is 17.2 Å². The molecule has 0 fully saturated rings. The number of amides is 1. The first-order valence-corrected chi connectivity index (χ1v) is 9.31. The van der Waals surface area contributed by atoms with Crippen LogP contribution in [0.3, 0.4) is 0 Å². The molecule has 0 saturated heterocycles. The monoisotopic (exact) mass is 410 g/mol. The Hall–Kier alpha value is -4.66. The maximum atomic E-state index is 12.4. The molecule has 9 nitrogen and oxygen atoms in total. The fourth-order valence-corrected chi connectivity index (χ4v) is 3.07. The van der Waals surface area contributed by atoms with Crippen LogP contribution in [0, 0.1) is 0 Å². The number of anilines is 1. The molecule has 31 heavy (non-hydrogen) atoms. The molecule has 0 spiro atoms. The number of fused-ring (bicyclic) bond motifs is 1. The van der Waals surface area contributed by atoms with Crippen LogP contribution in [0.25, 0.3) is 28.3 Å². The fourth-order valence-electron chi connectivity index (χ4n) is 3.07. The molecule has 0 aliphatic carbocycles. The van der Waals surface area contributed by atoms with E-state index in [0.717, 1.165) is 17.4 Å². The van der Waals surface area contributed by atoms with Crippen LogP contribution in [0.15, 0.2) is 88.5 Å². The zero-order chi connectivity index (χ0) is 21.2. The first-order valence-electron chi connectivity index (χ1n) is 9.31. The van der Waals surface area contributed by atoms with Gasteiger partial charge in [0.05, 0.1) is 11.3 Å². The third-order valence-electron chi connectivity index (χ3n) is 4.58. The van der Waals surface area contributed by atoms with Crippen LogP contribution in [0.1, 0.15) is 10.4 Å². The van der Waals surface area contributed by atoms with Gasteiger partial charge in [-0.3, -0.25) is 9.78 Å². The summed E-state index contributed by atoms with van der Waals surface area (Å²) in [5.74, 6) is 0.220. The van der Waals surface area contributed by atoms with Gasteiger partial charge < -0.3 is 9.73 Å². The van der Waals surface area contributed by atoms with Gasteiger partial charge in [-0.1, -0.05) is 12.1 Å². The van der Waals surface area contributed by atoms with Crippen molar-refractivity contribution in [1.29, 1.82) is 0 Å². The lowest BCUT2D eigenvalue weighted by atomic mass is 10.1. The standard InChI is InChI=1S/C22H14N6O3/c29-20-7-4-16(13-31-20)22(30)24-17-3-1-2-15(12-17)18-5-6-19-25-26-21(28(19)27-18)14-8-10-23-11-9-14/h1-13H,(H,24,30). The highest BCUT2D eigenvalue weighted by Crippen LogP contribution is 2.23. The number of carbonyl (C=O) groups is 1. The van der Waals surface area contributed by atoms with E-state index in [1.807, 2.05) is 42.5 Å². The van der Waals surface area contributed by atoms with Gasteiger partial charge in [0, 0.05) is 35.3 Å². The summed E-state index contributed by atoms with van der Waals surface area (Å²) >= 11 is 0. The van der Waals surface area contributed by atoms with Crippen LogP contribution in [0.2, 0.25) is 0 Å². The van der Waals surface area contributed by atoms with E-state index >= 15 is 0 Å². The SMILES string of the molecule is O=C(Nc1cccc(-c2ccc3nnc(-c4ccncc4)n3n2)c1)c1ccc(=O)oc1. The molecule has 5 aromatic rings. The van der Waals surface area contributed by atoms with E-state index in [1.165, 1.54) is 12.1 Å². The minimum Gasteiger partial charge on any atom is -0.430 e. The summed E-state index contributed by atoms with van der Waals surface area (Å²) in [5.41, 5.74) is 3.26. The van der Waals surface area contributed by atoms with Crippen molar-refractivity contribution < 1.29 is 9.21 Å². The van der Waals surface area contributed by atoms with Crippen molar-refractivity contribution in [3.63, 3.8) is 0 Å². The molecule has 1 N–H and O–H groups in total. The molecule has 5 rings (SSSR count). The first-order chi connectivity index (χ1) is 15.2. The molecule has 0 radical (unpaired) electrons. The number of hydrogen-bond acceptors (Lipinski definition) is 7. The molecule has 0 unspecified atom stereocenters. The second-order valence-corrected chi connectivity index (χ2v) is 6.63. The van der Waals surface area contributed by atoms with Crippen molar-refractivity contribution in [1.82, 2.24) is 24.8 Å². The number of benzene rings is 1. The Bertz CT molecular complexity index is 1440. The third kappa shape index (κ3) is 3.67. The van der Waals surface area contributed by atoms with E-state index in [9.17, 15) is 9.59 Å². The van der Waals surface area contributed by atoms with Gasteiger partial charge in [-0.25, -0.2) is 4.79 Å². The molecule has 0 bridgehead atoms. The van der Waals surface area contributed by atoms with E-state index in [0.29, 0.717) is 22.9 Å². The Balaban J connectivity index is 1.47. The van der Waals surface area contributed by atoms with Gasteiger partial charge in [0.25, 0.3) is 5.91 Å². The number of rotatable bonds is 4. The van der Waals surface area contributed by atoms with Crippen LogP contribution >= 0.6 is 0 Å². The minimum atomic E-state index is -0.514. The van der Waals surface area contributed by atoms with Gasteiger partial charge in [-0.2, -0.15) is 9.61 Å². The first kappa shape index (κ1) is 18.4. The van der Waals surface area contributed by atoms with Crippen LogP contribution in [0.5, 0.6) is 0 Å². The molecule has 1 aromatic carbocycles. The zero-order valence-corrected chi connectivity index (χ0v) is 16.0. The average molecular weight is 410 g/mol. The Morgan fingerprint density at radius 3 is 2.61 bits per heavy atom. The van der Waals surface area contributed by atoms with Gasteiger partial charge in [-0.15, -0.1) is 10.2 Å². The number of nitrogens with zero attached hydrogens (tertiary/aromatic N) is 5. The van der Waals surface area contributed by atoms with Crippen LogP contribution < -0.4 is 10.9 Å². The van der Waals surface area contributed by atoms with E-state index in [4.69, 9.17) is 4.42 Å². The summed E-state index contributed by atoms with van der Waals surface area (Å²) in [7, 11) is 0. The fraction of sp³-hybridized carbons (Fsp3) is 0. The van der Waals surface area contributed by atoms with Crippen molar-refractivity contribution in [3.8, 4) is 22.6 Å². The number of hydrogen-bond donors (Lipinski definition) is 1. The van der Waals surface area contributed by atoms with Gasteiger partial charge in [0.15, 0.2) is 11.5 Å². The van der Waals surface area contributed by atoms with Crippen molar-refractivity contribution in [2.45, 2.75) is 0 Å². The molecule has 0 aliphatic rings. The predicted molar refractivity (Wildman–Crippen MR) is 112 cm³/mol. The predicted octanol–water partition coefficient (Wildman–Crippen LogP) is 3.06. The maximum Gasteiger partial charge on any atom is 0.335 e. The molecule has 9 heteroatoms. The number of carbonyl (C=O) groups excluding carboxylic acids is 1. The van der Waals surface area contributed by atoms with Gasteiger partial charge in [0.2, 0.25) is 0 Å².